The van der Waals surface area contributed by atoms with Gasteiger partial charge < -0.3 is 14.6 Å². The van der Waals surface area contributed by atoms with Crippen molar-refractivity contribution in [3.8, 4) is 5.75 Å². The Kier molecular flexibility index (Phi) is 7.46. The molecule has 0 aliphatic heterocycles. The Labute approximate surface area is 179 Å². The van der Waals surface area contributed by atoms with Crippen molar-refractivity contribution >= 4 is 23.4 Å². The average Bonchev–Trinajstić information content (AvgIpc) is 3.17. The summed E-state index contributed by atoms with van der Waals surface area (Å²) in [5.41, 5.74) is 1.41. The van der Waals surface area contributed by atoms with E-state index in [9.17, 15) is 9.18 Å². The summed E-state index contributed by atoms with van der Waals surface area (Å²) in [7, 11) is 0. The molecule has 1 N–H and O–H groups in total. The molecule has 2 aromatic carbocycles. The second-order valence-electron chi connectivity index (χ2n) is 6.66. The summed E-state index contributed by atoms with van der Waals surface area (Å²) < 4.78 is 21.6. The minimum atomic E-state index is -0.465. The van der Waals surface area contributed by atoms with Gasteiger partial charge in [0.25, 0.3) is 0 Å². The van der Waals surface area contributed by atoms with Gasteiger partial charge in [-0.15, -0.1) is 10.2 Å². The Morgan fingerprint density at radius 3 is 2.57 bits per heavy atom. The van der Waals surface area contributed by atoms with E-state index < -0.39 is 5.82 Å². The van der Waals surface area contributed by atoms with Crippen LogP contribution in [0.2, 0.25) is 0 Å². The van der Waals surface area contributed by atoms with E-state index in [1.165, 1.54) is 29.5 Å². The lowest BCUT2D eigenvalue weighted by Crippen LogP contribution is -2.16. The first-order chi connectivity index (χ1) is 14.5. The topological polar surface area (TPSA) is 69.0 Å². The highest BCUT2D eigenvalue weighted by atomic mass is 32.2. The van der Waals surface area contributed by atoms with E-state index in [1.54, 1.807) is 12.1 Å². The van der Waals surface area contributed by atoms with E-state index in [1.807, 2.05) is 42.7 Å². The largest absolute Gasteiger partial charge is 0.483 e. The monoisotopic (exact) mass is 428 g/mol. The molecule has 158 valence electrons. The number of nitrogens with zero attached hydrogens (tertiary/aromatic N) is 3. The van der Waals surface area contributed by atoms with Gasteiger partial charge >= 0.3 is 0 Å². The highest BCUT2D eigenvalue weighted by Gasteiger charge is 2.19. The molecule has 0 aliphatic rings. The molecular weight excluding hydrogens is 403 g/mol. The zero-order valence-electron chi connectivity index (χ0n) is 17.3. The number of hydrogen-bond acceptors (Lipinski definition) is 5. The molecule has 3 rings (SSSR count). The quantitative estimate of drug-likeness (QED) is 0.493. The summed E-state index contributed by atoms with van der Waals surface area (Å²) >= 11 is 1.25. The number of nitrogens with one attached hydrogen (secondary N) is 1. The lowest BCUT2D eigenvalue weighted by molar-refractivity contribution is -0.113. The van der Waals surface area contributed by atoms with Crippen molar-refractivity contribution in [3.63, 3.8) is 0 Å². The van der Waals surface area contributed by atoms with Gasteiger partial charge in [-0.3, -0.25) is 4.79 Å². The van der Waals surface area contributed by atoms with Gasteiger partial charge in [0.05, 0.1) is 11.4 Å². The molecular formula is C22H25FN4O2S. The molecule has 1 unspecified atom stereocenters. The molecule has 30 heavy (non-hydrogen) atoms. The fraction of sp³-hybridized carbons (Fsp3) is 0.318. The molecule has 0 saturated carbocycles. The van der Waals surface area contributed by atoms with Gasteiger partial charge in [0.1, 0.15) is 11.6 Å². The van der Waals surface area contributed by atoms with Crippen LogP contribution in [-0.4, -0.2) is 26.4 Å². The van der Waals surface area contributed by atoms with Crippen LogP contribution >= 0.6 is 11.8 Å². The van der Waals surface area contributed by atoms with Crippen LogP contribution in [0.1, 0.15) is 38.3 Å². The molecule has 1 heterocycles. The molecule has 6 nitrogen and oxygen atoms in total. The standard InChI is InChI=1S/C22H25FN4O2S/c1-4-16-10-12-17(13-11-16)29-15(3)21-25-26-22(27(21)5-2)30-14-20(28)24-19-9-7-6-8-18(19)23/h6-13,15H,4-5,14H2,1-3H3,(H,24,28). The molecule has 0 fully saturated rings. The Hall–Kier alpha value is -2.87. The highest BCUT2D eigenvalue weighted by Crippen LogP contribution is 2.25. The normalized spacial score (nSPS) is 11.9. The molecule has 1 atom stereocenters. The first-order valence-corrected chi connectivity index (χ1v) is 10.9. The van der Waals surface area contributed by atoms with E-state index >= 15 is 0 Å². The van der Waals surface area contributed by atoms with Gasteiger partial charge in [0.2, 0.25) is 5.91 Å². The summed E-state index contributed by atoms with van der Waals surface area (Å²) in [6.07, 6.45) is 0.678. The Bertz CT molecular complexity index is 991. The number of aryl methyl sites for hydroxylation is 1. The van der Waals surface area contributed by atoms with Gasteiger partial charge in [-0.1, -0.05) is 43.0 Å². The summed E-state index contributed by atoms with van der Waals surface area (Å²) in [4.78, 5) is 12.2. The summed E-state index contributed by atoms with van der Waals surface area (Å²) in [6, 6.07) is 14.1. The highest BCUT2D eigenvalue weighted by molar-refractivity contribution is 7.99. The molecule has 1 aromatic heterocycles. The predicted molar refractivity (Wildman–Crippen MR) is 116 cm³/mol. The number of rotatable bonds is 9. The maximum absolute atomic E-state index is 13.7. The minimum absolute atomic E-state index is 0.0974. The molecule has 3 aromatic rings. The molecule has 0 saturated heterocycles. The van der Waals surface area contributed by atoms with Gasteiger partial charge in [0, 0.05) is 6.54 Å². The number of hydrogen-bond donors (Lipinski definition) is 1. The lowest BCUT2D eigenvalue weighted by atomic mass is 10.2. The first kappa shape index (κ1) is 21.8. The van der Waals surface area contributed by atoms with Crippen LogP contribution in [0.4, 0.5) is 10.1 Å². The zero-order chi connectivity index (χ0) is 21.5. The molecule has 0 bridgehead atoms. The van der Waals surface area contributed by atoms with E-state index in [4.69, 9.17) is 4.74 Å². The van der Waals surface area contributed by atoms with E-state index in [0.717, 1.165) is 12.2 Å². The summed E-state index contributed by atoms with van der Waals surface area (Å²) in [5.74, 6) is 0.781. The van der Waals surface area contributed by atoms with Crippen LogP contribution in [0, 0.1) is 5.82 Å². The second kappa shape index (κ2) is 10.2. The number of carbonyl (C=O) groups excluding carboxylic acids is 1. The number of para-hydroxylation sites is 1. The first-order valence-electron chi connectivity index (χ1n) is 9.87. The SMILES string of the molecule is CCc1ccc(OC(C)c2nnc(SCC(=O)Nc3ccccc3F)n2CC)cc1. The molecule has 8 heteroatoms. The van der Waals surface area contributed by atoms with Gasteiger partial charge in [0.15, 0.2) is 17.1 Å². The van der Waals surface area contributed by atoms with Crippen LogP contribution in [0.5, 0.6) is 5.75 Å². The lowest BCUT2D eigenvalue weighted by Gasteiger charge is -2.16. The van der Waals surface area contributed by atoms with Crippen LogP contribution in [0.3, 0.4) is 0 Å². The Balaban J connectivity index is 1.62. The van der Waals surface area contributed by atoms with E-state index in [-0.39, 0.29) is 23.5 Å². The minimum Gasteiger partial charge on any atom is -0.483 e. The molecule has 1 amide bonds. The number of amides is 1. The molecule has 0 spiro atoms. The van der Waals surface area contributed by atoms with Crippen molar-refractivity contribution in [1.29, 1.82) is 0 Å². The Morgan fingerprint density at radius 1 is 1.17 bits per heavy atom. The number of carbonyl (C=O) groups is 1. The summed E-state index contributed by atoms with van der Waals surface area (Å²) in [6.45, 7) is 6.66. The smallest absolute Gasteiger partial charge is 0.234 e. The van der Waals surface area contributed by atoms with Crippen LogP contribution in [0.25, 0.3) is 0 Å². The van der Waals surface area contributed by atoms with E-state index in [2.05, 4.69) is 22.4 Å². The van der Waals surface area contributed by atoms with Gasteiger partial charge in [-0.2, -0.15) is 0 Å². The number of aromatic nitrogens is 3. The van der Waals surface area contributed by atoms with Crippen LogP contribution in [-0.2, 0) is 17.8 Å². The van der Waals surface area contributed by atoms with Crippen molar-refractivity contribution in [1.82, 2.24) is 14.8 Å². The third kappa shape index (κ3) is 5.38. The third-order valence-corrected chi connectivity index (χ3v) is 5.52. The maximum atomic E-state index is 13.7. The second-order valence-corrected chi connectivity index (χ2v) is 7.60. The van der Waals surface area contributed by atoms with Crippen LogP contribution in [0.15, 0.2) is 53.7 Å². The van der Waals surface area contributed by atoms with Crippen LogP contribution < -0.4 is 10.1 Å². The molecule has 0 aliphatic carbocycles. The van der Waals surface area contributed by atoms with Crippen molar-refractivity contribution in [2.75, 3.05) is 11.1 Å². The predicted octanol–water partition coefficient (Wildman–Crippen LogP) is 4.87. The van der Waals surface area contributed by atoms with Gasteiger partial charge in [-0.05, 0) is 50.1 Å². The Morgan fingerprint density at radius 2 is 1.90 bits per heavy atom. The maximum Gasteiger partial charge on any atom is 0.234 e. The van der Waals surface area contributed by atoms with Crippen molar-refractivity contribution in [3.05, 3.63) is 65.7 Å². The fourth-order valence-electron chi connectivity index (χ4n) is 2.94. The number of halogens is 1. The van der Waals surface area contributed by atoms with Crippen molar-refractivity contribution in [2.24, 2.45) is 0 Å². The fourth-order valence-corrected chi connectivity index (χ4v) is 3.75. The van der Waals surface area contributed by atoms with Crippen molar-refractivity contribution in [2.45, 2.75) is 45.0 Å². The number of anilines is 1. The summed E-state index contributed by atoms with van der Waals surface area (Å²) in [5, 5.41) is 11.7. The number of benzene rings is 2. The number of ether oxygens (including phenoxy) is 1. The number of thioether (sulfide) groups is 1. The zero-order valence-corrected chi connectivity index (χ0v) is 18.1. The third-order valence-electron chi connectivity index (χ3n) is 4.55. The van der Waals surface area contributed by atoms with Crippen molar-refractivity contribution < 1.29 is 13.9 Å². The van der Waals surface area contributed by atoms with E-state index in [0.29, 0.717) is 17.5 Å². The average molecular weight is 429 g/mol. The van der Waals surface area contributed by atoms with Gasteiger partial charge in [-0.25, -0.2) is 4.39 Å². The molecule has 0 radical (unpaired) electrons.